The fourth-order valence-corrected chi connectivity index (χ4v) is 2.74. The number of aliphatic hydroxyl groups is 1. The highest BCUT2D eigenvalue weighted by Crippen LogP contribution is 2.29. The number of benzene rings is 1. The van der Waals surface area contributed by atoms with E-state index in [1.165, 1.54) is 7.11 Å². The molecule has 1 fully saturated rings. The summed E-state index contributed by atoms with van der Waals surface area (Å²) in [6, 6.07) is 5.06. The van der Waals surface area contributed by atoms with Crippen LogP contribution in [0.15, 0.2) is 18.2 Å². The maximum Gasteiger partial charge on any atom is 0.258 e. The monoisotopic (exact) mass is 278 g/mol. The van der Waals surface area contributed by atoms with Crippen molar-refractivity contribution in [3.05, 3.63) is 23.8 Å². The van der Waals surface area contributed by atoms with Crippen molar-refractivity contribution in [1.82, 2.24) is 4.90 Å². The molecule has 1 saturated heterocycles. The summed E-state index contributed by atoms with van der Waals surface area (Å²) < 4.78 is 5.25. The van der Waals surface area contributed by atoms with Crippen LogP contribution in [0.1, 0.15) is 36.0 Å². The summed E-state index contributed by atoms with van der Waals surface area (Å²) in [5.41, 5.74) is 6.77. The molecule has 0 bridgehead atoms. The predicted molar refractivity (Wildman–Crippen MR) is 77.8 cm³/mol. The van der Waals surface area contributed by atoms with Crippen LogP contribution in [0.25, 0.3) is 0 Å². The van der Waals surface area contributed by atoms with Gasteiger partial charge in [0.25, 0.3) is 5.91 Å². The van der Waals surface area contributed by atoms with E-state index in [1.807, 2.05) is 0 Å². The Bertz CT molecular complexity index is 476. The largest absolute Gasteiger partial charge is 0.494 e. The minimum atomic E-state index is -0.116. The number of ether oxygens (including phenoxy) is 1. The predicted octanol–water partition coefficient (Wildman–Crippen LogP) is 1.65. The molecule has 1 aromatic rings. The van der Waals surface area contributed by atoms with Crippen molar-refractivity contribution in [1.29, 1.82) is 0 Å². The van der Waals surface area contributed by atoms with Gasteiger partial charge < -0.3 is 20.5 Å². The van der Waals surface area contributed by atoms with Crippen LogP contribution in [-0.2, 0) is 0 Å². The molecule has 1 aliphatic heterocycles. The van der Waals surface area contributed by atoms with Crippen LogP contribution in [0.4, 0.5) is 5.69 Å². The van der Waals surface area contributed by atoms with Gasteiger partial charge in [-0.15, -0.1) is 0 Å². The SMILES string of the molecule is COc1c(N)cccc1C(=O)N1CCCCCC1CO. The highest BCUT2D eigenvalue weighted by atomic mass is 16.5. The summed E-state index contributed by atoms with van der Waals surface area (Å²) in [7, 11) is 1.51. The van der Waals surface area contributed by atoms with Gasteiger partial charge in [0.2, 0.25) is 0 Å². The zero-order valence-electron chi connectivity index (χ0n) is 11.8. The van der Waals surface area contributed by atoms with Crippen molar-refractivity contribution >= 4 is 11.6 Å². The number of hydrogen-bond acceptors (Lipinski definition) is 4. The van der Waals surface area contributed by atoms with E-state index in [1.54, 1.807) is 23.1 Å². The van der Waals surface area contributed by atoms with Crippen LogP contribution in [0.3, 0.4) is 0 Å². The molecule has 2 rings (SSSR count). The summed E-state index contributed by atoms with van der Waals surface area (Å²) in [5.74, 6) is 0.300. The number of para-hydroxylation sites is 1. The minimum Gasteiger partial charge on any atom is -0.494 e. The highest BCUT2D eigenvalue weighted by molar-refractivity contribution is 5.98. The number of nitrogens with zero attached hydrogens (tertiary/aromatic N) is 1. The quantitative estimate of drug-likeness (QED) is 0.824. The Morgan fingerprint density at radius 3 is 2.95 bits per heavy atom. The topological polar surface area (TPSA) is 75.8 Å². The molecule has 1 aromatic carbocycles. The second-order valence-corrected chi connectivity index (χ2v) is 5.11. The third kappa shape index (κ3) is 2.88. The number of carbonyl (C=O) groups excluding carboxylic acids is 1. The third-order valence-corrected chi connectivity index (χ3v) is 3.83. The number of hydrogen-bond donors (Lipinski definition) is 2. The van der Waals surface area contributed by atoms with Crippen LogP contribution in [0.5, 0.6) is 5.75 Å². The molecule has 1 unspecified atom stereocenters. The average molecular weight is 278 g/mol. The molecule has 0 aliphatic carbocycles. The number of likely N-dealkylation sites (tertiary alicyclic amines) is 1. The first-order valence-electron chi connectivity index (χ1n) is 7.03. The van der Waals surface area contributed by atoms with Gasteiger partial charge >= 0.3 is 0 Å². The highest BCUT2D eigenvalue weighted by Gasteiger charge is 2.27. The van der Waals surface area contributed by atoms with Crippen molar-refractivity contribution in [3.8, 4) is 5.75 Å². The molecule has 0 aromatic heterocycles. The number of anilines is 1. The lowest BCUT2D eigenvalue weighted by Crippen LogP contribution is -2.42. The van der Waals surface area contributed by atoms with Gasteiger partial charge in [0.15, 0.2) is 5.75 Å². The zero-order chi connectivity index (χ0) is 14.5. The molecule has 0 saturated carbocycles. The normalized spacial score (nSPS) is 19.5. The first-order chi connectivity index (χ1) is 9.69. The molecular weight excluding hydrogens is 256 g/mol. The Labute approximate surface area is 119 Å². The first kappa shape index (κ1) is 14.7. The lowest BCUT2D eigenvalue weighted by Gasteiger charge is -2.29. The van der Waals surface area contributed by atoms with Crippen LogP contribution < -0.4 is 10.5 Å². The Morgan fingerprint density at radius 2 is 2.25 bits per heavy atom. The second-order valence-electron chi connectivity index (χ2n) is 5.11. The fraction of sp³-hybridized carbons (Fsp3) is 0.533. The van der Waals surface area contributed by atoms with Gasteiger partial charge in [-0.3, -0.25) is 4.79 Å². The van der Waals surface area contributed by atoms with E-state index in [0.29, 0.717) is 23.5 Å². The van der Waals surface area contributed by atoms with E-state index in [4.69, 9.17) is 10.5 Å². The van der Waals surface area contributed by atoms with Crippen molar-refractivity contribution in [2.75, 3.05) is 26.0 Å². The number of nitrogens with two attached hydrogens (primary N) is 1. The van der Waals surface area contributed by atoms with Crippen LogP contribution >= 0.6 is 0 Å². The zero-order valence-corrected chi connectivity index (χ0v) is 11.8. The molecule has 1 aliphatic rings. The first-order valence-corrected chi connectivity index (χ1v) is 7.03. The summed E-state index contributed by atoms with van der Waals surface area (Å²) >= 11 is 0. The molecular formula is C15H22N2O3. The van der Waals surface area contributed by atoms with Crippen LogP contribution in [0, 0.1) is 0 Å². The molecule has 3 N–H and O–H groups in total. The van der Waals surface area contributed by atoms with Gasteiger partial charge in [-0.2, -0.15) is 0 Å². The van der Waals surface area contributed by atoms with Crippen molar-refractivity contribution in [2.45, 2.75) is 31.7 Å². The Hall–Kier alpha value is -1.75. The summed E-state index contributed by atoms with van der Waals surface area (Å²) in [4.78, 5) is 14.5. The molecule has 1 heterocycles. The molecule has 0 radical (unpaired) electrons. The minimum absolute atomic E-state index is 0.00360. The number of carbonyl (C=O) groups is 1. The van der Waals surface area contributed by atoms with Gasteiger partial charge in [0.05, 0.1) is 31.0 Å². The molecule has 110 valence electrons. The molecule has 1 amide bonds. The molecule has 20 heavy (non-hydrogen) atoms. The number of amides is 1. The number of aliphatic hydroxyl groups excluding tert-OH is 1. The Morgan fingerprint density at radius 1 is 1.45 bits per heavy atom. The maximum atomic E-state index is 12.7. The number of nitrogen functional groups attached to an aromatic ring is 1. The lowest BCUT2D eigenvalue weighted by atomic mass is 10.1. The fourth-order valence-electron chi connectivity index (χ4n) is 2.74. The van der Waals surface area contributed by atoms with Gasteiger partial charge in [-0.05, 0) is 25.0 Å². The van der Waals surface area contributed by atoms with Crippen molar-refractivity contribution < 1.29 is 14.6 Å². The van der Waals surface area contributed by atoms with E-state index in [0.717, 1.165) is 25.7 Å². The van der Waals surface area contributed by atoms with E-state index in [2.05, 4.69) is 0 Å². The van der Waals surface area contributed by atoms with Gasteiger partial charge in [-0.1, -0.05) is 18.9 Å². The Kier molecular flexibility index (Phi) is 4.84. The summed E-state index contributed by atoms with van der Waals surface area (Å²) in [6.45, 7) is 0.665. The van der Waals surface area contributed by atoms with Gasteiger partial charge in [0, 0.05) is 6.54 Å². The van der Waals surface area contributed by atoms with Gasteiger partial charge in [-0.25, -0.2) is 0 Å². The molecule has 5 nitrogen and oxygen atoms in total. The maximum absolute atomic E-state index is 12.7. The standard InChI is InChI=1S/C15H22N2O3/c1-20-14-12(7-5-8-13(14)16)15(19)17-9-4-2-3-6-11(17)10-18/h5,7-8,11,18H,2-4,6,9-10,16H2,1H3. The smallest absolute Gasteiger partial charge is 0.258 e. The van der Waals surface area contributed by atoms with E-state index < -0.39 is 0 Å². The lowest BCUT2D eigenvalue weighted by molar-refractivity contribution is 0.0596. The third-order valence-electron chi connectivity index (χ3n) is 3.83. The molecule has 1 atom stereocenters. The number of rotatable bonds is 3. The second kappa shape index (κ2) is 6.61. The van der Waals surface area contributed by atoms with E-state index >= 15 is 0 Å². The van der Waals surface area contributed by atoms with Crippen molar-refractivity contribution in [3.63, 3.8) is 0 Å². The number of methoxy groups -OCH3 is 1. The van der Waals surface area contributed by atoms with E-state index in [9.17, 15) is 9.90 Å². The molecule has 5 heteroatoms. The van der Waals surface area contributed by atoms with Gasteiger partial charge in [0.1, 0.15) is 0 Å². The van der Waals surface area contributed by atoms with Crippen LogP contribution in [0.2, 0.25) is 0 Å². The Balaban J connectivity index is 2.31. The van der Waals surface area contributed by atoms with Crippen molar-refractivity contribution in [2.24, 2.45) is 0 Å². The summed E-state index contributed by atoms with van der Waals surface area (Å²) in [6.07, 6.45) is 3.94. The molecule has 0 spiro atoms. The van der Waals surface area contributed by atoms with Crippen LogP contribution in [-0.4, -0.2) is 42.2 Å². The average Bonchev–Trinajstić information content (AvgIpc) is 2.71. The van der Waals surface area contributed by atoms with E-state index in [-0.39, 0.29) is 18.6 Å². The summed E-state index contributed by atoms with van der Waals surface area (Å²) in [5, 5.41) is 9.51.